The molecule has 0 atom stereocenters. The van der Waals surface area contributed by atoms with Gasteiger partial charge in [-0.25, -0.2) is 0 Å². The molecule has 0 saturated heterocycles. The molecule has 6 aromatic rings. The van der Waals surface area contributed by atoms with E-state index < -0.39 is 0 Å². The molecule has 0 aliphatic carbocycles. The van der Waals surface area contributed by atoms with Gasteiger partial charge in [-0.1, -0.05) is 38.8 Å². The van der Waals surface area contributed by atoms with Crippen LogP contribution in [0.25, 0.3) is 21.5 Å². The van der Waals surface area contributed by atoms with E-state index >= 15 is 0 Å². The fourth-order valence-corrected chi connectivity index (χ4v) is 5.16. The number of rotatable bonds is 4. The Bertz CT molecular complexity index is 1490. The Morgan fingerprint density at radius 3 is 1.27 bits per heavy atom. The van der Waals surface area contributed by atoms with Gasteiger partial charge in [-0.2, -0.15) is 12.1 Å². The zero-order valence-corrected chi connectivity index (χ0v) is 26.8. The van der Waals surface area contributed by atoms with Gasteiger partial charge in [-0.05, 0) is 12.8 Å². The molecule has 204 valence electrons. The van der Waals surface area contributed by atoms with E-state index in [1.807, 2.05) is 12.1 Å². The van der Waals surface area contributed by atoms with Gasteiger partial charge in [0.05, 0.1) is 0 Å². The van der Waals surface area contributed by atoms with E-state index in [-0.39, 0.29) is 24.8 Å². The summed E-state index contributed by atoms with van der Waals surface area (Å²) < 4.78 is 1.33. The molecule has 0 bridgehead atoms. The van der Waals surface area contributed by atoms with Crippen LogP contribution in [0.2, 0.25) is 0 Å². The second kappa shape index (κ2) is 16.5. The van der Waals surface area contributed by atoms with Crippen molar-refractivity contribution in [3.63, 3.8) is 0 Å². The van der Waals surface area contributed by atoms with Crippen LogP contribution in [0.15, 0.2) is 121 Å². The van der Waals surface area contributed by atoms with E-state index in [9.17, 15) is 0 Å². The van der Waals surface area contributed by atoms with Crippen LogP contribution in [0.1, 0.15) is 47.2 Å². The van der Waals surface area contributed by atoms with Crippen molar-refractivity contribution in [1.82, 2.24) is 0 Å². The molecule has 0 saturated carbocycles. The zero-order valence-electron chi connectivity index (χ0n) is 23.7. The normalized spacial score (nSPS) is 9.95. The summed E-state index contributed by atoms with van der Waals surface area (Å²) >= 11 is 2.16. The van der Waals surface area contributed by atoms with Gasteiger partial charge in [0, 0.05) is 0 Å². The Morgan fingerprint density at radius 2 is 0.925 bits per heavy atom. The average Bonchev–Trinajstić information content (AvgIpc) is 3.53. The molecule has 0 aromatic heterocycles. The van der Waals surface area contributed by atoms with Gasteiger partial charge >= 0.3 is 95.6 Å². The molecule has 0 N–H and O–H groups in total. The molecular formula is C37H36Cl2Ti-2. The van der Waals surface area contributed by atoms with Crippen molar-refractivity contribution in [2.45, 2.75) is 40.5 Å². The molecule has 0 heterocycles. The number of aryl methyl sites for hydroxylation is 4. The van der Waals surface area contributed by atoms with Crippen LogP contribution in [0, 0.1) is 13.8 Å². The molecule has 0 unspecified atom stereocenters. The van der Waals surface area contributed by atoms with E-state index in [0.29, 0.717) is 0 Å². The van der Waals surface area contributed by atoms with Gasteiger partial charge in [0.2, 0.25) is 0 Å². The first kappa shape index (κ1) is 33.5. The van der Waals surface area contributed by atoms with Gasteiger partial charge in [-0.3, -0.25) is 0 Å². The number of fused-ring (bicyclic) bond motifs is 2. The molecule has 0 radical (unpaired) electrons. The summed E-state index contributed by atoms with van der Waals surface area (Å²) in [6.45, 7) is 8.67. The topological polar surface area (TPSA) is 0 Å². The Kier molecular flexibility index (Phi) is 13.8. The number of hydrogen-bond donors (Lipinski definition) is 0. The first-order valence-electron chi connectivity index (χ1n) is 13.5. The van der Waals surface area contributed by atoms with Gasteiger partial charge < -0.3 is 24.8 Å². The van der Waals surface area contributed by atoms with Crippen LogP contribution in [0.3, 0.4) is 0 Å². The first-order chi connectivity index (χ1) is 18.5. The second-order valence-electron chi connectivity index (χ2n) is 9.81. The van der Waals surface area contributed by atoms with E-state index in [0.717, 1.165) is 12.8 Å². The molecule has 0 aliphatic heterocycles. The van der Waals surface area contributed by atoms with E-state index in [4.69, 9.17) is 0 Å². The third-order valence-corrected chi connectivity index (χ3v) is 7.68. The molecule has 0 spiro atoms. The number of benzene rings is 4. The molecule has 6 aromatic carbocycles. The fourth-order valence-electron chi connectivity index (χ4n) is 4.64. The van der Waals surface area contributed by atoms with Crippen LogP contribution in [-0.4, -0.2) is 3.81 Å². The fraction of sp³-hybridized carbons (Fsp3) is 0.162. The molecule has 3 heteroatoms. The Morgan fingerprint density at radius 1 is 0.550 bits per heavy atom. The first-order valence-corrected chi connectivity index (χ1v) is 14.3. The number of halogens is 2. The SMILES string of the molecule is CCc1ccc2[cH-]c(C)cc2c1.CCc1ccc2[cH-]c(C)cc2c1.[Cl-].[Cl-].[Ti+2]=[C](c1ccccc1)c1ccccc1. The standard InChI is InChI=1S/C13H10.2C12H13.2ClH.Ti/c1-3-7-12(8-4-1)11-13-9-5-2-6-10-13;2*1-3-10-4-5-11-6-9(2)7-12(11)8-10;;;/h1-10H;2*4-8H,3H2,1-2H3;2*1H;/q;2*-1;;;+2/p-2. The third kappa shape index (κ3) is 9.15. The summed E-state index contributed by atoms with van der Waals surface area (Å²) in [5, 5.41) is 5.49. The van der Waals surface area contributed by atoms with Crippen LogP contribution in [0.4, 0.5) is 0 Å². The van der Waals surface area contributed by atoms with Gasteiger partial charge in [0.15, 0.2) is 0 Å². The van der Waals surface area contributed by atoms with Crippen LogP contribution in [0.5, 0.6) is 0 Å². The Labute approximate surface area is 263 Å². The van der Waals surface area contributed by atoms with Crippen molar-refractivity contribution in [2.24, 2.45) is 0 Å². The van der Waals surface area contributed by atoms with Crippen LogP contribution < -0.4 is 24.8 Å². The summed E-state index contributed by atoms with van der Waals surface area (Å²) in [5.74, 6) is 0. The second-order valence-corrected chi connectivity index (χ2v) is 10.6. The molecule has 0 amide bonds. The zero-order chi connectivity index (χ0) is 26.9. The summed E-state index contributed by atoms with van der Waals surface area (Å²) in [6.07, 6.45) is 2.25. The summed E-state index contributed by atoms with van der Waals surface area (Å²) in [5.41, 5.74) is 8.15. The predicted octanol–water partition coefficient (Wildman–Crippen LogP) is 3.67. The molecule has 0 fully saturated rings. The van der Waals surface area contributed by atoms with Crippen LogP contribution >= 0.6 is 0 Å². The molecule has 40 heavy (non-hydrogen) atoms. The third-order valence-electron chi connectivity index (χ3n) is 6.78. The van der Waals surface area contributed by atoms with Crippen LogP contribution in [-0.2, 0) is 32.8 Å². The summed E-state index contributed by atoms with van der Waals surface area (Å²) in [4.78, 5) is 0. The van der Waals surface area contributed by atoms with E-state index in [1.165, 1.54) is 58.7 Å². The van der Waals surface area contributed by atoms with Crippen molar-refractivity contribution in [2.75, 3.05) is 0 Å². The van der Waals surface area contributed by atoms with Gasteiger partial charge in [0.1, 0.15) is 0 Å². The van der Waals surface area contributed by atoms with Crippen molar-refractivity contribution in [3.8, 4) is 0 Å². The van der Waals surface area contributed by atoms with Gasteiger partial charge in [-0.15, -0.1) is 81.2 Å². The monoisotopic (exact) mass is 598 g/mol. The average molecular weight is 599 g/mol. The minimum atomic E-state index is 0. The Hall–Kier alpha value is -2.74. The summed E-state index contributed by atoms with van der Waals surface area (Å²) in [6, 6.07) is 43.3. The van der Waals surface area contributed by atoms with Crippen molar-refractivity contribution >= 4 is 25.4 Å². The van der Waals surface area contributed by atoms with E-state index in [2.05, 4.69) is 157 Å². The molecule has 0 aliphatic rings. The number of hydrogen-bond acceptors (Lipinski definition) is 0. The maximum absolute atomic E-state index is 2.28. The van der Waals surface area contributed by atoms with Crippen molar-refractivity contribution < 1.29 is 44.8 Å². The predicted molar refractivity (Wildman–Crippen MR) is 163 cm³/mol. The summed E-state index contributed by atoms with van der Waals surface area (Å²) in [7, 11) is 0. The molecule has 6 rings (SSSR count). The van der Waals surface area contributed by atoms with Crippen molar-refractivity contribution in [3.05, 3.63) is 155 Å². The molecule has 0 nitrogen and oxygen atoms in total. The van der Waals surface area contributed by atoms with E-state index in [1.54, 1.807) is 0 Å². The maximum atomic E-state index is 2.28. The Balaban J connectivity index is 0.000000206. The molecular weight excluding hydrogens is 563 g/mol. The minimum absolute atomic E-state index is 0. The quantitative estimate of drug-likeness (QED) is 0.215. The van der Waals surface area contributed by atoms with Gasteiger partial charge in [0.25, 0.3) is 0 Å². The van der Waals surface area contributed by atoms with Crippen molar-refractivity contribution in [1.29, 1.82) is 0 Å².